The lowest BCUT2D eigenvalue weighted by Gasteiger charge is -2.23. The fourth-order valence-corrected chi connectivity index (χ4v) is 1.86. The van der Waals surface area contributed by atoms with Crippen molar-refractivity contribution in [2.45, 2.75) is 31.7 Å². The number of nitrogens with one attached hydrogen (secondary N) is 2. The second kappa shape index (κ2) is 7.71. The molecule has 0 aromatic heterocycles. The second-order valence-electron chi connectivity index (χ2n) is 4.61. The highest BCUT2D eigenvalue weighted by atomic mass is 19.4. The van der Waals surface area contributed by atoms with Crippen LogP contribution in [0.2, 0.25) is 0 Å². The molecule has 120 valence electrons. The minimum Gasteiger partial charge on any atom is -0.386 e. The SMILES string of the molecule is C#CCNC(=O)NC(CC)C(O)c1ccc(C(F)(F)F)cc1. The topological polar surface area (TPSA) is 61.4 Å². The molecular formula is C15H17F3N2O2. The summed E-state index contributed by atoms with van der Waals surface area (Å²) in [5, 5.41) is 15.1. The normalized spacial score (nSPS) is 13.8. The number of aliphatic hydroxyl groups excluding tert-OH is 1. The molecule has 1 aromatic rings. The van der Waals surface area contributed by atoms with Gasteiger partial charge < -0.3 is 15.7 Å². The van der Waals surface area contributed by atoms with Crippen molar-refractivity contribution in [1.29, 1.82) is 0 Å². The Labute approximate surface area is 126 Å². The number of terminal acetylenes is 1. The molecule has 4 nitrogen and oxygen atoms in total. The number of carbonyl (C=O) groups excluding carboxylic acids is 1. The van der Waals surface area contributed by atoms with Gasteiger partial charge in [-0.05, 0) is 24.1 Å². The van der Waals surface area contributed by atoms with Crippen molar-refractivity contribution in [1.82, 2.24) is 10.6 Å². The summed E-state index contributed by atoms with van der Waals surface area (Å²) in [5.74, 6) is 2.23. The molecule has 0 saturated carbocycles. The summed E-state index contributed by atoms with van der Waals surface area (Å²) in [6.45, 7) is 1.78. The van der Waals surface area contributed by atoms with Gasteiger partial charge in [0.2, 0.25) is 0 Å². The fraction of sp³-hybridized carbons (Fsp3) is 0.400. The second-order valence-corrected chi connectivity index (χ2v) is 4.61. The molecule has 1 aromatic carbocycles. The van der Waals surface area contributed by atoms with E-state index in [0.29, 0.717) is 6.42 Å². The van der Waals surface area contributed by atoms with E-state index in [1.165, 1.54) is 12.1 Å². The minimum atomic E-state index is -4.43. The third-order valence-electron chi connectivity index (χ3n) is 3.07. The highest BCUT2D eigenvalue weighted by molar-refractivity contribution is 5.74. The van der Waals surface area contributed by atoms with Gasteiger partial charge in [0.05, 0.1) is 24.3 Å². The van der Waals surface area contributed by atoms with Crippen LogP contribution in [0.15, 0.2) is 24.3 Å². The number of hydrogen-bond donors (Lipinski definition) is 3. The molecule has 0 aliphatic carbocycles. The van der Waals surface area contributed by atoms with E-state index >= 15 is 0 Å². The van der Waals surface area contributed by atoms with E-state index in [4.69, 9.17) is 6.42 Å². The molecule has 2 amide bonds. The molecule has 0 saturated heterocycles. The number of amides is 2. The summed E-state index contributed by atoms with van der Waals surface area (Å²) in [6, 6.07) is 2.98. The Bertz CT molecular complexity index is 535. The summed E-state index contributed by atoms with van der Waals surface area (Å²) >= 11 is 0. The van der Waals surface area contributed by atoms with Crippen LogP contribution in [-0.2, 0) is 6.18 Å². The first-order valence-electron chi connectivity index (χ1n) is 6.62. The van der Waals surface area contributed by atoms with Crippen molar-refractivity contribution in [2.24, 2.45) is 0 Å². The third kappa shape index (κ3) is 4.97. The molecule has 1 rings (SSSR count). The van der Waals surface area contributed by atoms with E-state index in [1.807, 2.05) is 0 Å². The van der Waals surface area contributed by atoms with Crippen LogP contribution in [0.1, 0.15) is 30.6 Å². The van der Waals surface area contributed by atoms with Crippen molar-refractivity contribution >= 4 is 6.03 Å². The standard InChI is InChI=1S/C15H17F3N2O2/c1-3-9-19-14(22)20-12(4-2)13(21)10-5-7-11(8-6-10)15(16,17)18/h1,5-8,12-13,21H,4,9H2,2H3,(H2,19,20,22). The van der Waals surface area contributed by atoms with Gasteiger partial charge in [0.15, 0.2) is 0 Å². The fourth-order valence-electron chi connectivity index (χ4n) is 1.86. The molecule has 0 aliphatic heterocycles. The van der Waals surface area contributed by atoms with Crippen molar-refractivity contribution in [2.75, 3.05) is 6.54 Å². The third-order valence-corrected chi connectivity index (χ3v) is 3.07. The van der Waals surface area contributed by atoms with Crippen molar-refractivity contribution < 1.29 is 23.1 Å². The maximum absolute atomic E-state index is 12.5. The van der Waals surface area contributed by atoms with Gasteiger partial charge in [-0.25, -0.2) is 4.79 Å². The predicted molar refractivity (Wildman–Crippen MR) is 75.9 cm³/mol. The van der Waals surface area contributed by atoms with E-state index in [1.54, 1.807) is 6.92 Å². The van der Waals surface area contributed by atoms with E-state index in [-0.39, 0.29) is 12.1 Å². The zero-order chi connectivity index (χ0) is 16.8. The average Bonchev–Trinajstić information content (AvgIpc) is 2.49. The van der Waals surface area contributed by atoms with Gasteiger partial charge in [0.1, 0.15) is 0 Å². The van der Waals surface area contributed by atoms with Gasteiger partial charge in [0.25, 0.3) is 0 Å². The molecule has 0 aliphatic rings. The van der Waals surface area contributed by atoms with Crippen molar-refractivity contribution in [3.63, 3.8) is 0 Å². The summed E-state index contributed by atoms with van der Waals surface area (Å²) in [5.41, 5.74) is -0.506. The Hall–Kier alpha value is -2.20. The molecule has 3 N–H and O–H groups in total. The predicted octanol–water partition coefficient (Wildman–Crippen LogP) is 2.45. The first kappa shape index (κ1) is 17.9. The molecule has 22 heavy (non-hydrogen) atoms. The monoisotopic (exact) mass is 314 g/mol. The number of carbonyl (C=O) groups is 1. The highest BCUT2D eigenvalue weighted by Crippen LogP contribution is 2.30. The zero-order valence-corrected chi connectivity index (χ0v) is 11.9. The van der Waals surface area contributed by atoms with E-state index < -0.39 is 29.9 Å². The van der Waals surface area contributed by atoms with Crippen LogP contribution in [0, 0.1) is 12.3 Å². The number of rotatable bonds is 5. The van der Waals surface area contributed by atoms with Crippen LogP contribution in [0.5, 0.6) is 0 Å². The number of urea groups is 1. The van der Waals surface area contributed by atoms with Crippen LogP contribution in [0.3, 0.4) is 0 Å². The van der Waals surface area contributed by atoms with Gasteiger partial charge in [-0.3, -0.25) is 0 Å². The lowest BCUT2D eigenvalue weighted by atomic mass is 9.99. The molecular weight excluding hydrogens is 297 g/mol. The number of aliphatic hydroxyl groups is 1. The van der Waals surface area contributed by atoms with E-state index in [9.17, 15) is 23.1 Å². The Morgan fingerprint density at radius 2 is 1.95 bits per heavy atom. The maximum atomic E-state index is 12.5. The first-order chi connectivity index (χ1) is 10.3. The molecule has 0 bridgehead atoms. The number of benzene rings is 1. The molecule has 7 heteroatoms. The van der Waals surface area contributed by atoms with Crippen LogP contribution < -0.4 is 10.6 Å². The van der Waals surface area contributed by atoms with Gasteiger partial charge >= 0.3 is 12.2 Å². The quantitative estimate of drug-likeness (QED) is 0.731. The van der Waals surface area contributed by atoms with Crippen LogP contribution in [-0.4, -0.2) is 23.7 Å². The Morgan fingerprint density at radius 3 is 2.41 bits per heavy atom. The minimum absolute atomic E-state index is 0.0403. The van der Waals surface area contributed by atoms with Gasteiger partial charge in [0, 0.05) is 0 Å². The van der Waals surface area contributed by atoms with E-state index in [0.717, 1.165) is 12.1 Å². The Kier molecular flexibility index (Phi) is 6.25. The Balaban J connectivity index is 2.77. The lowest BCUT2D eigenvalue weighted by Crippen LogP contribution is -2.44. The molecule has 0 fully saturated rings. The smallest absolute Gasteiger partial charge is 0.386 e. The summed E-state index contributed by atoms with van der Waals surface area (Å²) < 4.78 is 37.5. The van der Waals surface area contributed by atoms with Crippen molar-refractivity contribution in [3.8, 4) is 12.3 Å². The van der Waals surface area contributed by atoms with Gasteiger partial charge in [-0.15, -0.1) is 6.42 Å². The highest BCUT2D eigenvalue weighted by Gasteiger charge is 2.30. The summed E-state index contributed by atoms with van der Waals surface area (Å²) in [6.07, 6.45) is -0.150. The number of hydrogen-bond acceptors (Lipinski definition) is 2. The van der Waals surface area contributed by atoms with Crippen LogP contribution in [0.4, 0.5) is 18.0 Å². The molecule has 2 unspecified atom stereocenters. The van der Waals surface area contributed by atoms with Crippen LogP contribution in [0.25, 0.3) is 0 Å². The largest absolute Gasteiger partial charge is 0.416 e. The summed E-state index contributed by atoms with van der Waals surface area (Å²) in [4.78, 5) is 11.5. The number of alkyl halides is 3. The summed E-state index contributed by atoms with van der Waals surface area (Å²) in [7, 11) is 0. The molecule has 0 heterocycles. The van der Waals surface area contributed by atoms with E-state index in [2.05, 4.69) is 16.6 Å². The van der Waals surface area contributed by atoms with Crippen LogP contribution >= 0.6 is 0 Å². The number of halogens is 3. The lowest BCUT2D eigenvalue weighted by molar-refractivity contribution is -0.137. The molecule has 0 spiro atoms. The van der Waals surface area contributed by atoms with Gasteiger partial charge in [-0.2, -0.15) is 13.2 Å². The Morgan fingerprint density at radius 1 is 1.36 bits per heavy atom. The molecule has 2 atom stereocenters. The van der Waals surface area contributed by atoms with Gasteiger partial charge in [-0.1, -0.05) is 25.0 Å². The first-order valence-corrected chi connectivity index (χ1v) is 6.62. The molecule has 0 radical (unpaired) electrons. The average molecular weight is 314 g/mol. The van der Waals surface area contributed by atoms with Crippen molar-refractivity contribution in [3.05, 3.63) is 35.4 Å². The zero-order valence-electron chi connectivity index (χ0n) is 11.9. The maximum Gasteiger partial charge on any atom is 0.416 e.